The number of benzene rings is 1. The number of hydrogen-bond donors (Lipinski definition) is 0. The van der Waals surface area contributed by atoms with E-state index in [9.17, 15) is 8.78 Å². The number of fused-ring (bicyclic) bond motifs is 1. The topological polar surface area (TPSA) is 50.7 Å². The molecule has 6 nitrogen and oxygen atoms in total. The molecule has 1 spiro atoms. The van der Waals surface area contributed by atoms with Gasteiger partial charge < -0.3 is 19.3 Å². The first-order valence-electron chi connectivity index (χ1n) is 10.8. The summed E-state index contributed by atoms with van der Waals surface area (Å²) in [5, 5.41) is 0.358. The molecule has 0 amide bonds. The lowest BCUT2D eigenvalue weighted by molar-refractivity contribution is -0.151. The molecule has 2 aliphatic heterocycles. The van der Waals surface area contributed by atoms with Crippen LogP contribution in [-0.2, 0) is 4.74 Å². The molecule has 168 valence electrons. The van der Waals surface area contributed by atoms with Crippen molar-refractivity contribution in [1.82, 2.24) is 14.9 Å². The molecule has 2 saturated heterocycles. The van der Waals surface area contributed by atoms with E-state index in [1.807, 2.05) is 14.1 Å². The second-order valence-electron chi connectivity index (χ2n) is 9.55. The van der Waals surface area contributed by atoms with Gasteiger partial charge in [-0.25, -0.2) is 8.78 Å². The number of ether oxygens (including phenoxy) is 2. The van der Waals surface area contributed by atoms with Crippen molar-refractivity contribution < 1.29 is 18.3 Å². The summed E-state index contributed by atoms with van der Waals surface area (Å²) in [6, 6.07) is 1.44. The quantitative estimate of drug-likeness (QED) is 0.560. The van der Waals surface area contributed by atoms with Crippen LogP contribution >= 0.6 is 15.9 Å². The third-order valence-electron chi connectivity index (χ3n) is 6.71. The molecule has 1 unspecified atom stereocenters. The second-order valence-corrected chi connectivity index (χ2v) is 10.3. The molecular formula is C22H27BrF2N4O2. The summed E-state index contributed by atoms with van der Waals surface area (Å²) in [6.45, 7) is 3.57. The Morgan fingerprint density at radius 3 is 2.65 bits per heavy atom. The molecular weight excluding hydrogens is 470 g/mol. The van der Waals surface area contributed by atoms with Crippen molar-refractivity contribution in [3.05, 3.63) is 22.2 Å². The molecule has 9 heteroatoms. The van der Waals surface area contributed by atoms with Crippen LogP contribution in [-0.4, -0.2) is 67.4 Å². The van der Waals surface area contributed by atoms with Crippen molar-refractivity contribution in [1.29, 1.82) is 0 Å². The molecule has 1 aromatic heterocycles. The smallest absolute Gasteiger partial charge is 0.319 e. The fourth-order valence-corrected chi connectivity index (χ4v) is 5.15. The van der Waals surface area contributed by atoms with Crippen LogP contribution in [0, 0.1) is 17.0 Å². The molecule has 2 aromatic rings. The Kier molecular flexibility index (Phi) is 5.34. The molecule has 1 aromatic carbocycles. The van der Waals surface area contributed by atoms with E-state index in [2.05, 4.69) is 35.7 Å². The zero-order valence-corrected chi connectivity index (χ0v) is 19.5. The first kappa shape index (κ1) is 21.3. The van der Waals surface area contributed by atoms with Crippen LogP contribution in [0.15, 0.2) is 10.5 Å². The van der Waals surface area contributed by atoms with Gasteiger partial charge in [-0.1, -0.05) is 0 Å². The summed E-state index contributed by atoms with van der Waals surface area (Å²) in [4.78, 5) is 13.2. The number of rotatable bonds is 6. The Hall–Kier alpha value is -1.58. The molecule has 3 aliphatic rings. The van der Waals surface area contributed by atoms with Gasteiger partial charge >= 0.3 is 6.01 Å². The van der Waals surface area contributed by atoms with E-state index in [-0.39, 0.29) is 27.0 Å². The highest BCUT2D eigenvalue weighted by Crippen LogP contribution is 2.46. The first-order chi connectivity index (χ1) is 14.8. The second kappa shape index (κ2) is 7.78. The van der Waals surface area contributed by atoms with Crippen LogP contribution in [0.4, 0.5) is 14.6 Å². The van der Waals surface area contributed by atoms with Crippen molar-refractivity contribution in [2.75, 3.05) is 51.8 Å². The number of aromatic nitrogens is 2. The first-order valence-corrected chi connectivity index (χ1v) is 11.6. The maximum Gasteiger partial charge on any atom is 0.319 e. The van der Waals surface area contributed by atoms with E-state index < -0.39 is 11.6 Å². The highest BCUT2D eigenvalue weighted by molar-refractivity contribution is 9.10. The molecule has 3 fully saturated rings. The normalized spacial score (nSPS) is 24.6. The molecule has 0 bridgehead atoms. The Balaban J connectivity index is 1.51. The van der Waals surface area contributed by atoms with Crippen molar-refractivity contribution in [2.24, 2.45) is 5.41 Å². The van der Waals surface area contributed by atoms with Crippen LogP contribution in [0.25, 0.3) is 10.9 Å². The van der Waals surface area contributed by atoms with Crippen LogP contribution < -0.4 is 9.64 Å². The van der Waals surface area contributed by atoms with Gasteiger partial charge in [0.1, 0.15) is 17.2 Å². The number of hydrogen-bond acceptors (Lipinski definition) is 6. The Labute approximate surface area is 189 Å². The van der Waals surface area contributed by atoms with Crippen molar-refractivity contribution in [2.45, 2.75) is 37.7 Å². The third kappa shape index (κ3) is 4.00. The minimum atomic E-state index is -0.732. The molecule has 1 saturated carbocycles. The molecule has 5 rings (SSSR count). The third-order valence-corrected chi connectivity index (χ3v) is 7.43. The Bertz CT molecular complexity index is 1010. The molecule has 3 heterocycles. The minimum absolute atomic E-state index is 0.0693. The monoisotopic (exact) mass is 496 g/mol. The number of halogens is 3. The standard InChI is InChI=1S/C22H27BrF2N4O2/c1-28(2)11-21(5-6-21)13-30-20-26-18-14(10-15(24)16(23)17(18)25)19(27-20)29-8-3-4-22(12-29)7-9-31-22/h10H,3-9,11-13H2,1-2H3. The van der Waals surface area contributed by atoms with Crippen molar-refractivity contribution in [3.63, 3.8) is 0 Å². The van der Waals surface area contributed by atoms with E-state index in [1.165, 1.54) is 6.07 Å². The van der Waals surface area contributed by atoms with Gasteiger partial charge in [0.15, 0.2) is 5.82 Å². The van der Waals surface area contributed by atoms with E-state index in [1.54, 1.807) is 0 Å². The summed E-state index contributed by atoms with van der Waals surface area (Å²) in [7, 11) is 4.09. The van der Waals surface area contributed by atoms with Crippen LogP contribution in [0.1, 0.15) is 32.1 Å². The molecule has 0 radical (unpaired) electrons. The van der Waals surface area contributed by atoms with E-state index in [0.29, 0.717) is 24.4 Å². The van der Waals surface area contributed by atoms with Gasteiger partial charge in [0.25, 0.3) is 0 Å². The number of nitrogens with zero attached hydrogens (tertiary/aromatic N) is 4. The zero-order valence-electron chi connectivity index (χ0n) is 17.9. The van der Waals surface area contributed by atoms with Gasteiger partial charge in [-0.3, -0.25) is 0 Å². The highest BCUT2D eigenvalue weighted by Gasteiger charge is 2.45. The van der Waals surface area contributed by atoms with Crippen molar-refractivity contribution >= 4 is 32.7 Å². The molecule has 1 atom stereocenters. The lowest BCUT2D eigenvalue weighted by Gasteiger charge is -2.48. The van der Waals surface area contributed by atoms with Crippen LogP contribution in [0.5, 0.6) is 6.01 Å². The fraction of sp³-hybridized carbons (Fsp3) is 0.636. The Morgan fingerprint density at radius 2 is 2.00 bits per heavy atom. The van der Waals surface area contributed by atoms with E-state index in [4.69, 9.17) is 9.47 Å². The van der Waals surface area contributed by atoms with Gasteiger partial charge in [-0.2, -0.15) is 9.97 Å². The van der Waals surface area contributed by atoms with Crippen LogP contribution in [0.2, 0.25) is 0 Å². The zero-order chi connectivity index (χ0) is 21.8. The maximum atomic E-state index is 15.0. The Morgan fingerprint density at radius 1 is 1.23 bits per heavy atom. The highest BCUT2D eigenvalue weighted by atomic mass is 79.9. The predicted octanol–water partition coefficient (Wildman–Crippen LogP) is 4.15. The largest absolute Gasteiger partial charge is 0.463 e. The molecule has 0 N–H and O–H groups in total. The number of anilines is 1. The van der Waals surface area contributed by atoms with Crippen LogP contribution in [0.3, 0.4) is 0 Å². The molecule has 31 heavy (non-hydrogen) atoms. The van der Waals surface area contributed by atoms with E-state index >= 15 is 0 Å². The maximum absolute atomic E-state index is 15.0. The van der Waals surface area contributed by atoms with Crippen molar-refractivity contribution in [3.8, 4) is 6.01 Å². The summed E-state index contributed by atoms with van der Waals surface area (Å²) in [5.74, 6) is -0.889. The summed E-state index contributed by atoms with van der Waals surface area (Å²) < 4.78 is 41.1. The lowest BCUT2D eigenvalue weighted by Crippen LogP contribution is -2.56. The number of piperidine rings is 1. The summed E-state index contributed by atoms with van der Waals surface area (Å²) >= 11 is 3.00. The van der Waals surface area contributed by atoms with E-state index in [0.717, 1.165) is 51.8 Å². The average molecular weight is 497 g/mol. The predicted molar refractivity (Wildman–Crippen MR) is 118 cm³/mol. The van der Waals surface area contributed by atoms with Gasteiger partial charge in [0.2, 0.25) is 0 Å². The SMILES string of the molecule is CN(C)CC1(COc2nc(N3CCCC4(CCO4)C3)c3cc(F)c(Br)c(F)c3n2)CC1. The lowest BCUT2D eigenvalue weighted by atomic mass is 9.86. The summed E-state index contributed by atoms with van der Waals surface area (Å²) in [6.07, 6.45) is 5.11. The molecule has 1 aliphatic carbocycles. The van der Waals surface area contributed by atoms with Gasteiger partial charge in [-0.05, 0) is 61.8 Å². The fourth-order valence-electron chi connectivity index (χ4n) is 4.85. The average Bonchev–Trinajstić information content (AvgIpc) is 3.48. The summed E-state index contributed by atoms with van der Waals surface area (Å²) in [5.41, 5.74) is -0.00841. The van der Waals surface area contributed by atoms with Gasteiger partial charge in [-0.15, -0.1) is 0 Å². The van der Waals surface area contributed by atoms with Gasteiger partial charge in [0.05, 0.1) is 23.3 Å². The minimum Gasteiger partial charge on any atom is -0.463 e. The van der Waals surface area contributed by atoms with Gasteiger partial charge in [0, 0.05) is 36.9 Å².